The molecule has 0 aliphatic heterocycles. The second kappa shape index (κ2) is 5.96. The van der Waals surface area contributed by atoms with Crippen LogP contribution in [0.4, 0.5) is 0 Å². The average molecular weight is 231 g/mol. The molecule has 0 aromatic heterocycles. The van der Waals surface area contributed by atoms with Gasteiger partial charge in [-0.1, -0.05) is 18.7 Å². The lowest BCUT2D eigenvalue weighted by Crippen LogP contribution is -2.29. The molecule has 0 bridgehead atoms. The maximum atomic E-state index is 10.9. The summed E-state index contributed by atoms with van der Waals surface area (Å²) in [5.74, 6) is -0.307. The first-order valence-corrected chi connectivity index (χ1v) is 5.37. The molecule has 15 heavy (non-hydrogen) atoms. The third kappa shape index (κ3) is 5.63. The first-order valence-electron chi connectivity index (χ1n) is 4.93. The van der Waals surface area contributed by atoms with Gasteiger partial charge in [-0.15, -0.1) is 11.6 Å². The Morgan fingerprint density at radius 1 is 1.60 bits per heavy atom. The highest BCUT2D eigenvalue weighted by atomic mass is 35.5. The average Bonchev–Trinajstić information content (AvgIpc) is 2.13. The fourth-order valence-electron chi connectivity index (χ4n) is 1.18. The largest absolute Gasteiger partial charge is 0.455 e. The van der Waals surface area contributed by atoms with Gasteiger partial charge >= 0.3 is 5.97 Å². The monoisotopic (exact) mass is 230 g/mol. The fourth-order valence-corrected chi connectivity index (χ4v) is 1.29. The van der Waals surface area contributed by atoms with E-state index in [9.17, 15) is 4.79 Å². The summed E-state index contributed by atoms with van der Waals surface area (Å²) >= 11 is 6.04. The quantitative estimate of drug-likeness (QED) is 0.397. The smallest absolute Gasteiger partial charge is 0.303 e. The molecule has 0 saturated heterocycles. The minimum absolute atomic E-state index is 0.0835. The van der Waals surface area contributed by atoms with Crippen LogP contribution in [0.2, 0.25) is 0 Å². The molecule has 0 heterocycles. The zero-order chi connectivity index (χ0) is 12.1. The second-order valence-electron chi connectivity index (χ2n) is 3.96. The van der Waals surface area contributed by atoms with Crippen LogP contribution in [0.15, 0.2) is 24.8 Å². The zero-order valence-electron chi connectivity index (χ0n) is 9.68. The van der Waals surface area contributed by atoms with E-state index in [1.807, 2.05) is 13.8 Å². The van der Waals surface area contributed by atoms with Crippen LogP contribution in [0, 0.1) is 0 Å². The molecule has 0 rings (SSSR count). The van der Waals surface area contributed by atoms with Gasteiger partial charge in [0.05, 0.1) is 5.38 Å². The second-order valence-corrected chi connectivity index (χ2v) is 4.49. The molecular formula is C12H19ClO2. The minimum Gasteiger partial charge on any atom is -0.455 e. The zero-order valence-corrected chi connectivity index (χ0v) is 10.4. The first-order chi connectivity index (χ1) is 6.80. The van der Waals surface area contributed by atoms with E-state index >= 15 is 0 Å². The lowest BCUT2D eigenvalue weighted by molar-refractivity contribution is -0.151. The van der Waals surface area contributed by atoms with Crippen LogP contribution in [-0.4, -0.2) is 16.9 Å². The van der Waals surface area contributed by atoms with Crippen molar-refractivity contribution in [2.75, 3.05) is 0 Å². The van der Waals surface area contributed by atoms with E-state index in [0.717, 1.165) is 5.57 Å². The summed E-state index contributed by atoms with van der Waals surface area (Å²) in [7, 11) is 0. The van der Waals surface area contributed by atoms with Crippen LogP contribution in [-0.2, 0) is 9.53 Å². The number of ether oxygens (including phenoxy) is 1. The number of hydrogen-bond acceptors (Lipinski definition) is 2. The van der Waals surface area contributed by atoms with Crippen molar-refractivity contribution in [3.05, 3.63) is 24.8 Å². The predicted molar refractivity (Wildman–Crippen MR) is 64.1 cm³/mol. The molecule has 0 N–H and O–H groups in total. The van der Waals surface area contributed by atoms with Crippen LogP contribution in [0.3, 0.4) is 0 Å². The Labute approximate surface area is 97.0 Å². The van der Waals surface area contributed by atoms with E-state index in [1.54, 1.807) is 6.08 Å². The van der Waals surface area contributed by atoms with Crippen molar-refractivity contribution < 1.29 is 9.53 Å². The van der Waals surface area contributed by atoms with E-state index in [-0.39, 0.29) is 11.3 Å². The lowest BCUT2D eigenvalue weighted by atomic mass is 9.97. The number of alkyl halides is 1. The van der Waals surface area contributed by atoms with E-state index in [4.69, 9.17) is 16.3 Å². The van der Waals surface area contributed by atoms with Gasteiger partial charge in [-0.2, -0.15) is 0 Å². The first kappa shape index (κ1) is 14.2. The molecule has 0 aliphatic rings. The number of halogens is 1. The number of carbonyl (C=O) groups is 1. The molecule has 0 aromatic carbocycles. The standard InChI is InChI=1S/C12H19ClO2/c1-6-12(5,15-10(4)14)8-7-11(13)9(2)3/h6,11H,1-2,7-8H2,3-5H3. The van der Waals surface area contributed by atoms with Gasteiger partial charge < -0.3 is 4.74 Å². The Hall–Kier alpha value is -0.760. The molecule has 0 spiro atoms. The third-order valence-electron chi connectivity index (χ3n) is 2.24. The minimum atomic E-state index is -0.631. The van der Waals surface area contributed by atoms with Gasteiger partial charge in [0, 0.05) is 6.92 Å². The Kier molecular flexibility index (Phi) is 5.66. The molecule has 0 fully saturated rings. The van der Waals surface area contributed by atoms with E-state index in [1.165, 1.54) is 6.92 Å². The van der Waals surface area contributed by atoms with E-state index in [0.29, 0.717) is 12.8 Å². The molecule has 2 nitrogen and oxygen atoms in total. The summed E-state index contributed by atoms with van der Waals surface area (Å²) < 4.78 is 5.17. The molecule has 0 aromatic rings. The molecular weight excluding hydrogens is 212 g/mol. The van der Waals surface area contributed by atoms with Gasteiger partial charge in [-0.05, 0) is 32.8 Å². The SMILES string of the molecule is C=CC(C)(CCC(Cl)C(=C)C)OC(C)=O. The molecule has 0 aliphatic carbocycles. The van der Waals surface area contributed by atoms with Crippen molar-refractivity contribution in [1.82, 2.24) is 0 Å². The van der Waals surface area contributed by atoms with Crippen LogP contribution in [0.5, 0.6) is 0 Å². The fraction of sp³-hybridized carbons (Fsp3) is 0.583. The number of hydrogen-bond donors (Lipinski definition) is 0. The number of allylic oxidation sites excluding steroid dienone is 1. The van der Waals surface area contributed by atoms with Crippen LogP contribution in [0.25, 0.3) is 0 Å². The predicted octanol–water partition coefficient (Wildman–Crippen LogP) is 3.46. The summed E-state index contributed by atoms with van der Waals surface area (Å²) in [4.78, 5) is 10.9. The van der Waals surface area contributed by atoms with Gasteiger partial charge in [0.25, 0.3) is 0 Å². The molecule has 2 atom stereocenters. The Bertz CT molecular complexity index is 260. The van der Waals surface area contributed by atoms with E-state index in [2.05, 4.69) is 13.2 Å². The van der Waals surface area contributed by atoms with E-state index < -0.39 is 5.60 Å². The van der Waals surface area contributed by atoms with Crippen LogP contribution < -0.4 is 0 Å². The third-order valence-corrected chi connectivity index (χ3v) is 2.83. The van der Waals surface area contributed by atoms with Gasteiger partial charge in [0.1, 0.15) is 5.60 Å². The summed E-state index contributed by atoms with van der Waals surface area (Å²) in [6.07, 6.45) is 3.00. The van der Waals surface area contributed by atoms with Crippen molar-refractivity contribution in [2.24, 2.45) is 0 Å². The summed E-state index contributed by atoms with van der Waals surface area (Å²) in [6.45, 7) is 12.5. The van der Waals surface area contributed by atoms with Crippen molar-refractivity contribution >= 4 is 17.6 Å². The van der Waals surface area contributed by atoms with Gasteiger partial charge in [-0.25, -0.2) is 0 Å². The topological polar surface area (TPSA) is 26.3 Å². The maximum absolute atomic E-state index is 10.9. The van der Waals surface area contributed by atoms with Gasteiger partial charge in [0.2, 0.25) is 0 Å². The van der Waals surface area contributed by atoms with Crippen LogP contribution >= 0.6 is 11.6 Å². The Morgan fingerprint density at radius 3 is 2.47 bits per heavy atom. The maximum Gasteiger partial charge on any atom is 0.303 e. The summed E-state index contributed by atoms with van der Waals surface area (Å²) in [5.41, 5.74) is 0.292. The van der Waals surface area contributed by atoms with Crippen molar-refractivity contribution in [2.45, 2.75) is 44.6 Å². The number of esters is 1. The molecule has 2 unspecified atom stereocenters. The van der Waals surface area contributed by atoms with Crippen molar-refractivity contribution in [1.29, 1.82) is 0 Å². The van der Waals surface area contributed by atoms with Crippen molar-refractivity contribution in [3.63, 3.8) is 0 Å². The Morgan fingerprint density at radius 2 is 2.13 bits per heavy atom. The van der Waals surface area contributed by atoms with Crippen molar-refractivity contribution in [3.8, 4) is 0 Å². The highest BCUT2D eigenvalue weighted by molar-refractivity contribution is 6.22. The molecule has 0 radical (unpaired) electrons. The number of rotatable bonds is 6. The van der Waals surface area contributed by atoms with Gasteiger partial charge in [0.15, 0.2) is 0 Å². The number of carbonyl (C=O) groups excluding carboxylic acids is 1. The molecule has 3 heteroatoms. The molecule has 0 amide bonds. The lowest BCUT2D eigenvalue weighted by Gasteiger charge is -2.26. The summed E-state index contributed by atoms with van der Waals surface area (Å²) in [6, 6.07) is 0. The molecule has 86 valence electrons. The highest BCUT2D eigenvalue weighted by Crippen LogP contribution is 2.24. The highest BCUT2D eigenvalue weighted by Gasteiger charge is 2.24. The summed E-state index contributed by atoms with van der Waals surface area (Å²) in [5, 5.41) is -0.0835. The van der Waals surface area contributed by atoms with Gasteiger partial charge in [-0.3, -0.25) is 4.79 Å². The Balaban J connectivity index is 4.26. The molecule has 0 saturated carbocycles. The van der Waals surface area contributed by atoms with Crippen LogP contribution in [0.1, 0.15) is 33.6 Å². The normalized spacial score (nSPS) is 16.3.